The summed E-state index contributed by atoms with van der Waals surface area (Å²) in [6.45, 7) is 0.452. The van der Waals surface area contributed by atoms with Crippen LogP contribution in [-0.4, -0.2) is 23.5 Å². The Morgan fingerprint density at radius 2 is 1.88 bits per heavy atom. The van der Waals surface area contributed by atoms with Crippen molar-refractivity contribution in [1.29, 1.82) is 0 Å². The third-order valence-corrected chi connectivity index (χ3v) is 2.49. The molecule has 16 heavy (non-hydrogen) atoms. The van der Waals surface area contributed by atoms with Gasteiger partial charge in [0.25, 0.3) is 0 Å². The highest BCUT2D eigenvalue weighted by Crippen LogP contribution is 2.10. The molecule has 0 heterocycles. The third kappa shape index (κ3) is 4.93. The molecule has 0 aliphatic carbocycles. The van der Waals surface area contributed by atoms with Crippen LogP contribution in [0.3, 0.4) is 0 Å². The SMILES string of the molecule is O=C(O)CC(=O)NCCc1ccc(Br)cc1. The highest BCUT2D eigenvalue weighted by atomic mass is 79.9. The van der Waals surface area contributed by atoms with Crippen LogP contribution in [0.2, 0.25) is 0 Å². The zero-order chi connectivity index (χ0) is 12.0. The molecule has 0 saturated heterocycles. The van der Waals surface area contributed by atoms with Gasteiger partial charge in [-0.3, -0.25) is 9.59 Å². The Morgan fingerprint density at radius 1 is 1.25 bits per heavy atom. The van der Waals surface area contributed by atoms with Crippen molar-refractivity contribution in [3.63, 3.8) is 0 Å². The standard InChI is InChI=1S/C11H12BrNO3/c12-9-3-1-8(2-4-9)5-6-13-10(14)7-11(15)16/h1-4H,5-7H2,(H,13,14)(H,15,16). The van der Waals surface area contributed by atoms with Crippen LogP contribution in [0, 0.1) is 0 Å². The first-order valence-corrected chi connectivity index (χ1v) is 5.60. The molecule has 0 unspecified atom stereocenters. The molecule has 0 bridgehead atoms. The normalized spacial score (nSPS) is 9.81. The Hall–Kier alpha value is -1.36. The van der Waals surface area contributed by atoms with Gasteiger partial charge in [-0.1, -0.05) is 28.1 Å². The number of aliphatic carboxylic acids is 1. The maximum atomic E-state index is 11.0. The van der Waals surface area contributed by atoms with Gasteiger partial charge in [0.05, 0.1) is 0 Å². The van der Waals surface area contributed by atoms with Gasteiger partial charge in [-0.2, -0.15) is 0 Å². The summed E-state index contributed by atoms with van der Waals surface area (Å²) >= 11 is 3.33. The van der Waals surface area contributed by atoms with E-state index in [-0.39, 0.29) is 0 Å². The van der Waals surface area contributed by atoms with Crippen molar-refractivity contribution in [3.8, 4) is 0 Å². The van der Waals surface area contributed by atoms with Crippen LogP contribution in [0.25, 0.3) is 0 Å². The third-order valence-electron chi connectivity index (χ3n) is 1.96. The van der Waals surface area contributed by atoms with Crippen molar-refractivity contribution >= 4 is 27.8 Å². The van der Waals surface area contributed by atoms with E-state index in [0.717, 1.165) is 10.0 Å². The molecular formula is C11H12BrNO3. The number of nitrogens with one attached hydrogen (secondary N) is 1. The smallest absolute Gasteiger partial charge is 0.312 e. The fourth-order valence-electron chi connectivity index (χ4n) is 1.20. The number of hydrogen-bond donors (Lipinski definition) is 2. The fourth-order valence-corrected chi connectivity index (χ4v) is 1.46. The molecule has 0 spiro atoms. The lowest BCUT2D eigenvalue weighted by Crippen LogP contribution is -2.27. The lowest BCUT2D eigenvalue weighted by molar-refractivity contribution is -0.140. The highest BCUT2D eigenvalue weighted by molar-refractivity contribution is 9.10. The van der Waals surface area contributed by atoms with Gasteiger partial charge in [0.1, 0.15) is 6.42 Å². The number of hydrogen-bond acceptors (Lipinski definition) is 2. The molecule has 1 amide bonds. The molecule has 0 atom stereocenters. The van der Waals surface area contributed by atoms with Gasteiger partial charge in [-0.25, -0.2) is 0 Å². The second kappa shape index (κ2) is 6.27. The molecule has 5 heteroatoms. The molecule has 1 aromatic carbocycles. The van der Waals surface area contributed by atoms with Crippen LogP contribution in [0.15, 0.2) is 28.7 Å². The predicted octanol–water partition coefficient (Wildman–Crippen LogP) is 1.58. The number of carbonyl (C=O) groups excluding carboxylic acids is 1. The van der Waals surface area contributed by atoms with Crippen LogP contribution < -0.4 is 5.32 Å². The van der Waals surface area contributed by atoms with Crippen LogP contribution in [0.1, 0.15) is 12.0 Å². The van der Waals surface area contributed by atoms with E-state index in [1.165, 1.54) is 0 Å². The van der Waals surface area contributed by atoms with Crippen molar-refractivity contribution in [2.45, 2.75) is 12.8 Å². The summed E-state index contributed by atoms with van der Waals surface area (Å²) in [7, 11) is 0. The van der Waals surface area contributed by atoms with Crippen LogP contribution in [0.5, 0.6) is 0 Å². The van der Waals surface area contributed by atoms with Crippen molar-refractivity contribution in [2.24, 2.45) is 0 Å². The van der Waals surface area contributed by atoms with E-state index in [4.69, 9.17) is 5.11 Å². The summed E-state index contributed by atoms with van der Waals surface area (Å²) in [5, 5.41) is 10.9. The summed E-state index contributed by atoms with van der Waals surface area (Å²) in [5.74, 6) is -1.56. The van der Waals surface area contributed by atoms with E-state index in [9.17, 15) is 9.59 Å². The predicted molar refractivity (Wildman–Crippen MR) is 63.1 cm³/mol. The van der Waals surface area contributed by atoms with Gasteiger partial charge in [0.2, 0.25) is 5.91 Å². The molecular weight excluding hydrogens is 274 g/mol. The lowest BCUT2D eigenvalue weighted by Gasteiger charge is -2.03. The Bertz CT molecular complexity index is 375. The largest absolute Gasteiger partial charge is 0.481 e. The fraction of sp³-hybridized carbons (Fsp3) is 0.273. The van der Waals surface area contributed by atoms with Gasteiger partial charge >= 0.3 is 5.97 Å². The van der Waals surface area contributed by atoms with Gasteiger partial charge < -0.3 is 10.4 Å². The topological polar surface area (TPSA) is 66.4 Å². The zero-order valence-electron chi connectivity index (χ0n) is 8.57. The van der Waals surface area contributed by atoms with E-state index in [1.807, 2.05) is 24.3 Å². The minimum Gasteiger partial charge on any atom is -0.481 e. The van der Waals surface area contributed by atoms with Crippen molar-refractivity contribution in [1.82, 2.24) is 5.32 Å². The summed E-state index contributed by atoms with van der Waals surface area (Å²) < 4.78 is 1.01. The molecule has 0 fully saturated rings. The summed E-state index contributed by atoms with van der Waals surface area (Å²) in [6.07, 6.45) is 0.221. The summed E-state index contributed by atoms with van der Waals surface area (Å²) in [5.41, 5.74) is 1.10. The Balaban J connectivity index is 2.28. The zero-order valence-corrected chi connectivity index (χ0v) is 10.2. The molecule has 0 radical (unpaired) electrons. The average Bonchev–Trinajstić information content (AvgIpc) is 2.20. The van der Waals surface area contributed by atoms with E-state index in [1.54, 1.807) is 0 Å². The van der Waals surface area contributed by atoms with Crippen LogP contribution in [0.4, 0.5) is 0 Å². The first-order valence-electron chi connectivity index (χ1n) is 4.81. The Morgan fingerprint density at radius 3 is 2.44 bits per heavy atom. The van der Waals surface area contributed by atoms with E-state index < -0.39 is 18.3 Å². The van der Waals surface area contributed by atoms with Crippen molar-refractivity contribution in [3.05, 3.63) is 34.3 Å². The first-order chi connectivity index (χ1) is 7.58. The van der Waals surface area contributed by atoms with Crippen LogP contribution >= 0.6 is 15.9 Å². The summed E-state index contributed by atoms with van der Waals surface area (Å²) in [6, 6.07) is 7.75. The van der Waals surface area contributed by atoms with Crippen molar-refractivity contribution in [2.75, 3.05) is 6.54 Å². The number of carbonyl (C=O) groups is 2. The quantitative estimate of drug-likeness (QED) is 0.808. The molecule has 0 aliphatic rings. The minimum atomic E-state index is -1.11. The molecule has 0 saturated carbocycles. The average molecular weight is 286 g/mol. The second-order valence-corrected chi connectivity index (χ2v) is 4.21. The Kier molecular flexibility index (Phi) is 4.98. The second-order valence-electron chi connectivity index (χ2n) is 3.30. The number of amides is 1. The number of carboxylic acid groups (broad SMARTS) is 1. The minimum absolute atomic E-state index is 0.452. The number of halogens is 1. The van der Waals surface area contributed by atoms with Gasteiger partial charge in [-0.05, 0) is 24.1 Å². The van der Waals surface area contributed by atoms with E-state index in [0.29, 0.717) is 13.0 Å². The maximum Gasteiger partial charge on any atom is 0.312 e. The van der Waals surface area contributed by atoms with E-state index >= 15 is 0 Å². The monoisotopic (exact) mass is 285 g/mol. The summed E-state index contributed by atoms with van der Waals surface area (Å²) in [4.78, 5) is 21.2. The number of rotatable bonds is 5. The molecule has 1 aromatic rings. The molecule has 0 aliphatic heterocycles. The van der Waals surface area contributed by atoms with E-state index in [2.05, 4.69) is 21.2 Å². The molecule has 86 valence electrons. The molecule has 0 aromatic heterocycles. The highest BCUT2D eigenvalue weighted by Gasteiger charge is 2.05. The maximum absolute atomic E-state index is 11.0. The molecule has 2 N–H and O–H groups in total. The van der Waals surface area contributed by atoms with Gasteiger partial charge in [0, 0.05) is 11.0 Å². The molecule has 1 rings (SSSR count). The molecule has 4 nitrogen and oxygen atoms in total. The number of benzene rings is 1. The number of carboxylic acids is 1. The first kappa shape index (κ1) is 12.7. The van der Waals surface area contributed by atoms with Gasteiger partial charge in [-0.15, -0.1) is 0 Å². The Labute approximate surface area is 102 Å². The lowest BCUT2D eigenvalue weighted by atomic mass is 10.1. The van der Waals surface area contributed by atoms with Gasteiger partial charge in [0.15, 0.2) is 0 Å². The van der Waals surface area contributed by atoms with Crippen molar-refractivity contribution < 1.29 is 14.7 Å². The van der Waals surface area contributed by atoms with Crippen LogP contribution in [-0.2, 0) is 16.0 Å².